The number of hydrogen-bond donors (Lipinski definition) is 3. The van der Waals surface area contributed by atoms with Crippen molar-refractivity contribution in [1.82, 2.24) is 15.5 Å². The fourth-order valence-corrected chi connectivity index (χ4v) is 3.79. The number of fused-ring (bicyclic) bond motifs is 1. The number of hydrogen-bond acceptors (Lipinski definition) is 5. The number of amides is 3. The van der Waals surface area contributed by atoms with E-state index >= 15 is 0 Å². The van der Waals surface area contributed by atoms with Crippen molar-refractivity contribution in [3.05, 3.63) is 34.9 Å². The van der Waals surface area contributed by atoms with Crippen molar-refractivity contribution in [2.24, 2.45) is 0 Å². The summed E-state index contributed by atoms with van der Waals surface area (Å²) in [6.45, 7) is 1.59. The van der Waals surface area contributed by atoms with Crippen LogP contribution in [0.25, 0.3) is 0 Å². The van der Waals surface area contributed by atoms with Crippen molar-refractivity contribution in [2.75, 3.05) is 13.1 Å². The lowest BCUT2D eigenvalue weighted by Gasteiger charge is -2.29. The fourth-order valence-electron chi connectivity index (χ4n) is 3.79. The van der Waals surface area contributed by atoms with Gasteiger partial charge in [-0.1, -0.05) is 12.1 Å². The van der Waals surface area contributed by atoms with Gasteiger partial charge in [-0.05, 0) is 36.6 Å². The molecule has 2 fully saturated rings. The molecule has 3 aliphatic rings. The number of nitrogens with one attached hydrogen (secondary N) is 2. The minimum Gasteiger partial charge on any atom is -0.384 e. The molecule has 24 heavy (non-hydrogen) atoms. The molecular formula is C17H19N3O4. The first-order valence-corrected chi connectivity index (χ1v) is 8.19. The summed E-state index contributed by atoms with van der Waals surface area (Å²) in [5, 5.41) is 16.1. The number of imide groups is 1. The summed E-state index contributed by atoms with van der Waals surface area (Å²) in [5.41, 5.74) is 1.28. The lowest BCUT2D eigenvalue weighted by atomic mass is 9.91. The SMILES string of the molecule is O=C1CCC(N2Cc3cc([C@]4(O)CCNC4)ccc3C2=O)C(=O)N1. The maximum Gasteiger partial charge on any atom is 0.255 e. The Morgan fingerprint density at radius 2 is 2.08 bits per heavy atom. The molecule has 1 aromatic rings. The van der Waals surface area contributed by atoms with E-state index in [9.17, 15) is 19.5 Å². The number of piperidine rings is 1. The van der Waals surface area contributed by atoms with Crippen molar-refractivity contribution in [1.29, 1.82) is 0 Å². The van der Waals surface area contributed by atoms with E-state index in [0.717, 1.165) is 17.7 Å². The Balaban J connectivity index is 1.60. The normalized spacial score (nSPS) is 29.8. The molecule has 0 spiro atoms. The van der Waals surface area contributed by atoms with Gasteiger partial charge in [-0.15, -0.1) is 0 Å². The highest BCUT2D eigenvalue weighted by Crippen LogP contribution is 2.33. The van der Waals surface area contributed by atoms with Crippen molar-refractivity contribution in [3.63, 3.8) is 0 Å². The smallest absolute Gasteiger partial charge is 0.255 e. The Kier molecular flexibility index (Phi) is 3.43. The number of aliphatic hydroxyl groups is 1. The topological polar surface area (TPSA) is 98.7 Å². The second kappa shape index (κ2) is 5.39. The van der Waals surface area contributed by atoms with Gasteiger partial charge < -0.3 is 15.3 Å². The first-order chi connectivity index (χ1) is 11.5. The van der Waals surface area contributed by atoms with E-state index in [1.165, 1.54) is 4.90 Å². The standard InChI is InChI=1S/C17H19N3O4/c21-14-4-3-13(15(22)19-14)20-8-10-7-11(1-2-12(10)16(20)23)17(24)5-6-18-9-17/h1-2,7,13,18,24H,3-6,8-9H2,(H,19,21,22)/t13?,17-/m0/s1. The minimum atomic E-state index is -0.903. The van der Waals surface area contributed by atoms with E-state index in [2.05, 4.69) is 10.6 Å². The molecule has 0 bridgehead atoms. The Bertz CT molecular complexity index is 739. The van der Waals surface area contributed by atoms with Crippen LogP contribution in [-0.2, 0) is 21.7 Å². The van der Waals surface area contributed by atoms with Gasteiger partial charge in [-0.25, -0.2) is 0 Å². The third-order valence-corrected chi connectivity index (χ3v) is 5.19. The van der Waals surface area contributed by atoms with Gasteiger partial charge in [0, 0.05) is 25.1 Å². The molecule has 0 saturated carbocycles. The van der Waals surface area contributed by atoms with Gasteiger partial charge in [0.1, 0.15) is 11.6 Å². The number of rotatable bonds is 2. The lowest BCUT2D eigenvalue weighted by molar-refractivity contribution is -0.136. The minimum absolute atomic E-state index is 0.192. The maximum atomic E-state index is 12.6. The molecule has 1 aromatic carbocycles. The van der Waals surface area contributed by atoms with Gasteiger partial charge in [0.15, 0.2) is 0 Å². The third-order valence-electron chi connectivity index (χ3n) is 5.19. The molecule has 0 aromatic heterocycles. The number of benzene rings is 1. The van der Waals surface area contributed by atoms with Crippen molar-refractivity contribution < 1.29 is 19.5 Å². The average Bonchev–Trinajstić information content (AvgIpc) is 3.13. The molecule has 3 aliphatic heterocycles. The summed E-state index contributed by atoms with van der Waals surface area (Å²) in [4.78, 5) is 37.5. The van der Waals surface area contributed by atoms with Gasteiger partial charge in [-0.3, -0.25) is 19.7 Å². The lowest BCUT2D eigenvalue weighted by Crippen LogP contribution is -2.52. The maximum absolute atomic E-state index is 12.6. The molecule has 126 valence electrons. The predicted octanol–water partition coefficient (Wildman–Crippen LogP) is -0.371. The molecule has 3 amide bonds. The molecular weight excluding hydrogens is 310 g/mol. The summed E-state index contributed by atoms with van der Waals surface area (Å²) in [6, 6.07) is 4.78. The second-order valence-corrected chi connectivity index (χ2v) is 6.73. The second-order valence-electron chi connectivity index (χ2n) is 6.73. The highest BCUT2D eigenvalue weighted by atomic mass is 16.3. The molecule has 3 heterocycles. The molecule has 7 nitrogen and oxygen atoms in total. The summed E-state index contributed by atoms with van der Waals surface area (Å²) in [5.74, 6) is -0.896. The van der Waals surface area contributed by atoms with E-state index in [1.807, 2.05) is 6.07 Å². The average molecular weight is 329 g/mol. The van der Waals surface area contributed by atoms with Gasteiger partial charge in [0.2, 0.25) is 11.8 Å². The molecule has 1 unspecified atom stereocenters. The van der Waals surface area contributed by atoms with E-state index in [0.29, 0.717) is 31.5 Å². The Morgan fingerprint density at radius 3 is 2.79 bits per heavy atom. The highest BCUT2D eigenvalue weighted by molar-refractivity contribution is 6.05. The number of nitrogens with zero attached hydrogens (tertiary/aromatic N) is 1. The van der Waals surface area contributed by atoms with E-state index in [1.54, 1.807) is 12.1 Å². The first kappa shape index (κ1) is 15.3. The van der Waals surface area contributed by atoms with Crippen molar-refractivity contribution >= 4 is 17.7 Å². The third kappa shape index (κ3) is 2.32. The summed E-state index contributed by atoms with van der Waals surface area (Å²) < 4.78 is 0. The Hall–Kier alpha value is -2.25. The highest BCUT2D eigenvalue weighted by Gasteiger charge is 2.40. The summed E-state index contributed by atoms with van der Waals surface area (Å²) in [7, 11) is 0. The van der Waals surface area contributed by atoms with Crippen LogP contribution in [0.2, 0.25) is 0 Å². The zero-order valence-corrected chi connectivity index (χ0v) is 13.2. The van der Waals surface area contributed by atoms with Crippen LogP contribution in [0.3, 0.4) is 0 Å². The van der Waals surface area contributed by atoms with Gasteiger partial charge in [0.25, 0.3) is 5.91 Å². The number of β-amino-alcohol motifs (C(OH)–C–C–N with tert-alkyl or cyclic N) is 1. The fraction of sp³-hybridized carbons (Fsp3) is 0.471. The molecule has 2 saturated heterocycles. The summed E-state index contributed by atoms with van der Waals surface area (Å²) in [6.07, 6.45) is 1.23. The van der Waals surface area contributed by atoms with Crippen LogP contribution in [0.5, 0.6) is 0 Å². The molecule has 0 radical (unpaired) electrons. The Labute approximate surface area is 139 Å². The van der Waals surface area contributed by atoms with Gasteiger partial charge in [0.05, 0.1) is 0 Å². The first-order valence-electron chi connectivity index (χ1n) is 8.19. The zero-order chi connectivity index (χ0) is 16.9. The van der Waals surface area contributed by atoms with Gasteiger partial charge in [-0.2, -0.15) is 0 Å². The molecule has 4 rings (SSSR count). The largest absolute Gasteiger partial charge is 0.384 e. The van der Waals surface area contributed by atoms with Crippen LogP contribution in [0.15, 0.2) is 18.2 Å². The van der Waals surface area contributed by atoms with Crippen LogP contribution in [0.1, 0.15) is 40.7 Å². The quantitative estimate of drug-likeness (QED) is 0.643. The van der Waals surface area contributed by atoms with Crippen LogP contribution >= 0.6 is 0 Å². The van der Waals surface area contributed by atoms with E-state index in [-0.39, 0.29) is 18.2 Å². The van der Waals surface area contributed by atoms with Crippen molar-refractivity contribution in [2.45, 2.75) is 37.5 Å². The summed E-state index contributed by atoms with van der Waals surface area (Å²) >= 11 is 0. The predicted molar refractivity (Wildman–Crippen MR) is 83.9 cm³/mol. The molecule has 2 atom stereocenters. The Morgan fingerprint density at radius 1 is 1.25 bits per heavy atom. The van der Waals surface area contributed by atoms with Crippen LogP contribution in [0.4, 0.5) is 0 Å². The monoisotopic (exact) mass is 329 g/mol. The van der Waals surface area contributed by atoms with E-state index in [4.69, 9.17) is 0 Å². The molecule has 7 heteroatoms. The van der Waals surface area contributed by atoms with Crippen LogP contribution in [-0.4, -0.2) is 46.9 Å². The van der Waals surface area contributed by atoms with Crippen LogP contribution in [0, 0.1) is 0 Å². The number of carbonyl (C=O) groups excluding carboxylic acids is 3. The number of carbonyl (C=O) groups is 3. The van der Waals surface area contributed by atoms with Crippen LogP contribution < -0.4 is 10.6 Å². The zero-order valence-electron chi connectivity index (χ0n) is 13.2. The van der Waals surface area contributed by atoms with Gasteiger partial charge >= 0.3 is 0 Å². The molecule has 0 aliphatic carbocycles. The van der Waals surface area contributed by atoms with E-state index < -0.39 is 17.6 Å². The van der Waals surface area contributed by atoms with Crippen molar-refractivity contribution in [3.8, 4) is 0 Å². The molecule has 3 N–H and O–H groups in total.